The normalized spacial score (nSPS) is 21.2. The number of carbonyl (C=O) groups is 1. The number of pyridine rings is 1. The number of amides is 1. The monoisotopic (exact) mass is 332 g/mol. The van der Waals surface area contributed by atoms with Crippen LogP contribution in [0.25, 0.3) is 0 Å². The molecule has 122 valence electrons. The smallest absolute Gasteiger partial charge is 0.265 e. The van der Waals surface area contributed by atoms with Gasteiger partial charge in [-0.05, 0) is 25.0 Å². The van der Waals surface area contributed by atoms with Crippen molar-refractivity contribution in [3.63, 3.8) is 0 Å². The van der Waals surface area contributed by atoms with Crippen LogP contribution in [0.5, 0.6) is 0 Å². The number of β-amino-alcohol motifs (C(OH)–C–C–N with tert-alkyl or cyclic N) is 1. The molecule has 2 aromatic heterocycles. The van der Waals surface area contributed by atoms with Crippen LogP contribution >= 0.6 is 11.3 Å². The second-order valence-electron chi connectivity index (χ2n) is 5.96. The molecule has 0 bridgehead atoms. The summed E-state index contributed by atoms with van der Waals surface area (Å²) in [5.74, 6) is 0.762. The second-order valence-corrected chi connectivity index (χ2v) is 6.85. The Balaban J connectivity index is 1.67. The van der Waals surface area contributed by atoms with Crippen molar-refractivity contribution in [3.8, 4) is 0 Å². The van der Waals surface area contributed by atoms with Gasteiger partial charge in [-0.1, -0.05) is 6.07 Å². The highest BCUT2D eigenvalue weighted by atomic mass is 32.1. The Bertz CT molecular complexity index is 649. The fourth-order valence-electron chi connectivity index (χ4n) is 3.00. The Morgan fingerprint density at radius 2 is 2.39 bits per heavy atom. The van der Waals surface area contributed by atoms with Crippen LogP contribution in [-0.2, 0) is 0 Å². The molecule has 1 atom stereocenters. The van der Waals surface area contributed by atoms with Gasteiger partial charge in [-0.15, -0.1) is 11.3 Å². The van der Waals surface area contributed by atoms with E-state index in [0.29, 0.717) is 24.4 Å². The topological polar surface area (TPSA) is 69.6 Å². The minimum atomic E-state index is -0.926. The zero-order chi connectivity index (χ0) is 16.3. The highest BCUT2D eigenvalue weighted by Gasteiger charge is 2.36. The highest BCUT2D eigenvalue weighted by Crippen LogP contribution is 2.26. The fraction of sp³-hybridized carbons (Fsp3) is 0.438. The first-order valence-corrected chi connectivity index (χ1v) is 8.48. The molecule has 0 saturated carbocycles. The number of hydrogen-bond donors (Lipinski definition) is 1. The molecule has 1 aliphatic rings. The van der Waals surface area contributed by atoms with E-state index >= 15 is 0 Å². The van der Waals surface area contributed by atoms with E-state index in [2.05, 4.69) is 14.9 Å². The van der Waals surface area contributed by atoms with Gasteiger partial charge in [-0.2, -0.15) is 0 Å². The van der Waals surface area contributed by atoms with E-state index in [1.807, 2.05) is 18.2 Å². The average molecular weight is 332 g/mol. The van der Waals surface area contributed by atoms with Gasteiger partial charge in [0.25, 0.3) is 5.91 Å². The summed E-state index contributed by atoms with van der Waals surface area (Å²) in [6, 6.07) is 5.76. The summed E-state index contributed by atoms with van der Waals surface area (Å²) >= 11 is 1.31. The third-order valence-electron chi connectivity index (χ3n) is 4.05. The molecule has 2 aromatic rings. The van der Waals surface area contributed by atoms with Crippen molar-refractivity contribution in [2.45, 2.75) is 18.4 Å². The Morgan fingerprint density at radius 3 is 3.09 bits per heavy atom. The first-order valence-electron chi connectivity index (χ1n) is 7.60. The van der Waals surface area contributed by atoms with Gasteiger partial charge in [0.2, 0.25) is 0 Å². The maximum absolute atomic E-state index is 12.3. The minimum absolute atomic E-state index is 0.101. The van der Waals surface area contributed by atoms with Gasteiger partial charge in [0.05, 0.1) is 23.9 Å². The second kappa shape index (κ2) is 6.64. The number of aromatic nitrogens is 2. The molecule has 1 aliphatic heterocycles. The third-order valence-corrected chi connectivity index (χ3v) is 4.81. The molecule has 1 fully saturated rings. The molecular formula is C16H20N4O2S. The standard InChI is InChI=1S/C16H20N4O2S/c1-19(15(21)13-9-17-12-23-13)10-16(22)6-4-8-20(11-16)14-5-2-3-7-18-14/h2-3,5,7,9,12,22H,4,6,8,10-11H2,1H3/t16-/m0/s1. The maximum Gasteiger partial charge on any atom is 0.265 e. The lowest BCUT2D eigenvalue weighted by Crippen LogP contribution is -2.54. The average Bonchev–Trinajstić information content (AvgIpc) is 3.09. The Kier molecular flexibility index (Phi) is 4.58. The van der Waals surface area contributed by atoms with Crippen LogP contribution in [0.4, 0.5) is 5.82 Å². The number of aliphatic hydroxyl groups is 1. The van der Waals surface area contributed by atoms with Crippen molar-refractivity contribution in [1.82, 2.24) is 14.9 Å². The largest absolute Gasteiger partial charge is 0.386 e. The zero-order valence-electron chi connectivity index (χ0n) is 13.1. The molecule has 0 radical (unpaired) electrons. The summed E-state index contributed by atoms with van der Waals surface area (Å²) in [5.41, 5.74) is 0.712. The number of likely N-dealkylation sites (N-methyl/N-ethyl adjacent to an activating group) is 1. The van der Waals surface area contributed by atoms with Crippen LogP contribution in [0.1, 0.15) is 22.5 Å². The number of anilines is 1. The predicted molar refractivity (Wildman–Crippen MR) is 89.7 cm³/mol. The lowest BCUT2D eigenvalue weighted by molar-refractivity contribution is -0.0000159. The molecule has 6 nitrogen and oxygen atoms in total. The highest BCUT2D eigenvalue weighted by molar-refractivity contribution is 7.11. The van der Waals surface area contributed by atoms with Gasteiger partial charge in [-0.25, -0.2) is 4.98 Å². The first kappa shape index (κ1) is 15.9. The molecule has 1 N–H and O–H groups in total. The molecular weight excluding hydrogens is 312 g/mol. The van der Waals surface area contributed by atoms with E-state index in [-0.39, 0.29) is 5.91 Å². The molecule has 3 rings (SSSR count). The fourth-order valence-corrected chi connectivity index (χ4v) is 3.61. The Labute approximate surface area is 139 Å². The Morgan fingerprint density at radius 1 is 1.52 bits per heavy atom. The van der Waals surface area contributed by atoms with E-state index in [1.54, 1.807) is 29.9 Å². The quantitative estimate of drug-likeness (QED) is 0.922. The number of piperidine rings is 1. The van der Waals surface area contributed by atoms with E-state index < -0.39 is 5.60 Å². The SMILES string of the molecule is CN(C[C@@]1(O)CCCN(c2ccccn2)C1)C(=O)c1cncs1. The van der Waals surface area contributed by atoms with Gasteiger partial charge < -0.3 is 14.9 Å². The number of thiazole rings is 1. The van der Waals surface area contributed by atoms with Crippen molar-refractivity contribution in [2.24, 2.45) is 0 Å². The summed E-state index contributed by atoms with van der Waals surface area (Å²) in [4.78, 5) is 24.9. The van der Waals surface area contributed by atoms with E-state index in [9.17, 15) is 9.90 Å². The van der Waals surface area contributed by atoms with Crippen molar-refractivity contribution in [3.05, 3.63) is 41.0 Å². The number of carbonyl (C=O) groups excluding carboxylic acids is 1. The summed E-state index contributed by atoms with van der Waals surface area (Å²) in [6.07, 6.45) is 4.86. The van der Waals surface area contributed by atoms with Gasteiger partial charge >= 0.3 is 0 Å². The third kappa shape index (κ3) is 3.68. The van der Waals surface area contributed by atoms with Crippen molar-refractivity contribution < 1.29 is 9.90 Å². The van der Waals surface area contributed by atoms with E-state index in [1.165, 1.54) is 11.3 Å². The summed E-state index contributed by atoms with van der Waals surface area (Å²) < 4.78 is 0. The lowest BCUT2D eigenvalue weighted by Gasteiger charge is -2.41. The van der Waals surface area contributed by atoms with Crippen LogP contribution < -0.4 is 4.90 Å². The summed E-state index contributed by atoms with van der Waals surface area (Å²) in [6.45, 7) is 1.64. The van der Waals surface area contributed by atoms with Gasteiger partial charge in [0.1, 0.15) is 10.7 Å². The molecule has 1 amide bonds. The summed E-state index contributed by atoms with van der Waals surface area (Å²) in [5, 5.41) is 10.9. The molecule has 7 heteroatoms. The van der Waals surface area contributed by atoms with Crippen molar-refractivity contribution >= 4 is 23.1 Å². The molecule has 0 spiro atoms. The zero-order valence-corrected chi connectivity index (χ0v) is 13.9. The molecule has 0 aromatic carbocycles. The summed E-state index contributed by atoms with van der Waals surface area (Å²) in [7, 11) is 1.72. The minimum Gasteiger partial charge on any atom is -0.386 e. The van der Waals surface area contributed by atoms with Crippen LogP contribution in [-0.4, -0.2) is 58.2 Å². The first-order chi connectivity index (χ1) is 11.1. The predicted octanol–water partition coefficient (Wildman–Crippen LogP) is 1.64. The van der Waals surface area contributed by atoms with Gasteiger partial charge in [0, 0.05) is 26.3 Å². The van der Waals surface area contributed by atoms with Crippen LogP contribution in [0, 0.1) is 0 Å². The Hall–Kier alpha value is -1.99. The number of rotatable bonds is 4. The molecule has 0 unspecified atom stereocenters. The molecule has 0 aliphatic carbocycles. The van der Waals surface area contributed by atoms with Crippen LogP contribution in [0.2, 0.25) is 0 Å². The molecule has 23 heavy (non-hydrogen) atoms. The number of hydrogen-bond acceptors (Lipinski definition) is 6. The molecule has 3 heterocycles. The van der Waals surface area contributed by atoms with Crippen molar-refractivity contribution in [2.75, 3.05) is 31.6 Å². The lowest BCUT2D eigenvalue weighted by atomic mass is 9.92. The molecule has 1 saturated heterocycles. The van der Waals surface area contributed by atoms with Gasteiger partial charge in [-0.3, -0.25) is 9.78 Å². The van der Waals surface area contributed by atoms with Crippen LogP contribution in [0.3, 0.4) is 0 Å². The maximum atomic E-state index is 12.3. The van der Waals surface area contributed by atoms with E-state index in [0.717, 1.165) is 18.8 Å². The number of nitrogens with zero attached hydrogens (tertiary/aromatic N) is 4. The van der Waals surface area contributed by atoms with Crippen LogP contribution in [0.15, 0.2) is 36.1 Å². The van der Waals surface area contributed by atoms with Gasteiger partial charge in [0.15, 0.2) is 0 Å². The van der Waals surface area contributed by atoms with Crippen molar-refractivity contribution in [1.29, 1.82) is 0 Å². The van der Waals surface area contributed by atoms with E-state index in [4.69, 9.17) is 0 Å².